The van der Waals surface area contributed by atoms with Crippen LogP contribution in [0.2, 0.25) is 0 Å². The number of rotatable bonds is 3. The number of hydrogen-bond acceptors (Lipinski definition) is 5. The third kappa shape index (κ3) is 2.31. The lowest BCUT2D eigenvalue weighted by Gasteiger charge is -2.12. The maximum atomic E-state index is 6.06. The molecular formula is C13H17N5O. The quantitative estimate of drug-likeness (QED) is 0.840. The summed E-state index contributed by atoms with van der Waals surface area (Å²) in [6.07, 6.45) is 1.06. The number of anilines is 1. The van der Waals surface area contributed by atoms with Gasteiger partial charge < -0.3 is 10.5 Å². The summed E-state index contributed by atoms with van der Waals surface area (Å²) in [4.78, 5) is 0. The molecule has 0 saturated carbocycles. The molecule has 1 fully saturated rings. The van der Waals surface area contributed by atoms with E-state index in [1.165, 1.54) is 0 Å². The van der Waals surface area contributed by atoms with E-state index in [-0.39, 0.29) is 0 Å². The monoisotopic (exact) mass is 259 g/mol. The van der Waals surface area contributed by atoms with Gasteiger partial charge in [-0.25, -0.2) is 4.68 Å². The molecule has 1 aromatic carbocycles. The molecule has 0 aliphatic carbocycles. The first kappa shape index (κ1) is 12.1. The minimum atomic E-state index is 0.479. The molecule has 0 radical (unpaired) electrons. The maximum absolute atomic E-state index is 6.06. The Balaban J connectivity index is 1.95. The second kappa shape index (κ2) is 4.97. The fourth-order valence-electron chi connectivity index (χ4n) is 2.47. The van der Waals surface area contributed by atoms with Crippen LogP contribution >= 0.6 is 0 Å². The summed E-state index contributed by atoms with van der Waals surface area (Å²) in [5, 5.41) is 12.0. The summed E-state index contributed by atoms with van der Waals surface area (Å²) in [5.74, 6) is 1.22. The third-order valence-electron chi connectivity index (χ3n) is 3.52. The highest BCUT2D eigenvalue weighted by atomic mass is 16.5. The lowest BCUT2D eigenvalue weighted by molar-refractivity contribution is 0.181. The van der Waals surface area contributed by atoms with Crippen LogP contribution in [0.15, 0.2) is 18.2 Å². The molecule has 3 rings (SSSR count). The minimum Gasteiger partial charge on any atom is -0.398 e. The second-order valence-electron chi connectivity index (χ2n) is 4.95. The minimum absolute atomic E-state index is 0.479. The molecule has 2 N–H and O–H groups in total. The van der Waals surface area contributed by atoms with Crippen molar-refractivity contribution in [3.8, 4) is 11.4 Å². The predicted molar refractivity (Wildman–Crippen MR) is 71.3 cm³/mol. The summed E-state index contributed by atoms with van der Waals surface area (Å²) < 4.78 is 7.22. The van der Waals surface area contributed by atoms with Crippen LogP contribution in [-0.4, -0.2) is 33.4 Å². The van der Waals surface area contributed by atoms with Crippen molar-refractivity contribution >= 4 is 5.69 Å². The Kier molecular flexibility index (Phi) is 3.16. The first-order chi connectivity index (χ1) is 9.25. The molecule has 1 saturated heterocycles. The molecule has 100 valence electrons. The van der Waals surface area contributed by atoms with Gasteiger partial charge in [0.15, 0.2) is 5.82 Å². The Morgan fingerprint density at radius 1 is 1.47 bits per heavy atom. The van der Waals surface area contributed by atoms with E-state index in [1.807, 2.05) is 29.8 Å². The molecule has 2 aromatic rings. The molecule has 1 aromatic heterocycles. The van der Waals surface area contributed by atoms with E-state index in [2.05, 4.69) is 15.5 Å². The number of nitrogen functional groups attached to an aromatic ring is 1. The van der Waals surface area contributed by atoms with E-state index in [1.54, 1.807) is 0 Å². The van der Waals surface area contributed by atoms with Crippen LogP contribution in [0.1, 0.15) is 12.0 Å². The summed E-state index contributed by atoms with van der Waals surface area (Å²) in [6, 6.07) is 5.83. The number of benzene rings is 1. The molecule has 0 amide bonds. The number of nitrogens with two attached hydrogens (primary N) is 1. The number of hydrogen-bond donors (Lipinski definition) is 1. The van der Waals surface area contributed by atoms with Crippen molar-refractivity contribution in [1.82, 2.24) is 20.2 Å². The maximum Gasteiger partial charge on any atom is 0.184 e. The van der Waals surface area contributed by atoms with E-state index in [9.17, 15) is 0 Å². The van der Waals surface area contributed by atoms with Crippen LogP contribution in [0.25, 0.3) is 11.4 Å². The van der Waals surface area contributed by atoms with Gasteiger partial charge in [0.25, 0.3) is 0 Å². The van der Waals surface area contributed by atoms with Gasteiger partial charge in [0, 0.05) is 23.8 Å². The van der Waals surface area contributed by atoms with E-state index in [0.717, 1.165) is 43.1 Å². The summed E-state index contributed by atoms with van der Waals surface area (Å²) >= 11 is 0. The number of ether oxygens (including phenoxy) is 1. The van der Waals surface area contributed by atoms with Gasteiger partial charge in [-0.1, -0.05) is 12.1 Å². The van der Waals surface area contributed by atoms with Crippen LogP contribution in [0, 0.1) is 12.8 Å². The standard InChI is InChI=1S/C13H17N5O/c1-9-3-2-4-11(14)12(9)13-15-16-17-18(13)7-10-5-6-19-8-10/h2-4,10H,5-8,14H2,1H3. The van der Waals surface area contributed by atoms with Crippen LogP contribution in [0.4, 0.5) is 5.69 Å². The Bertz CT molecular complexity index is 554. The third-order valence-corrected chi connectivity index (χ3v) is 3.52. The van der Waals surface area contributed by atoms with Gasteiger partial charge in [-0.3, -0.25) is 0 Å². The Morgan fingerprint density at radius 2 is 2.37 bits per heavy atom. The highest BCUT2D eigenvalue weighted by Crippen LogP contribution is 2.28. The average Bonchev–Trinajstić information content (AvgIpc) is 3.02. The normalized spacial score (nSPS) is 18.9. The first-order valence-corrected chi connectivity index (χ1v) is 6.45. The lowest BCUT2D eigenvalue weighted by atomic mass is 10.1. The van der Waals surface area contributed by atoms with Gasteiger partial charge in [0.2, 0.25) is 0 Å². The zero-order valence-corrected chi connectivity index (χ0v) is 10.9. The molecule has 1 atom stereocenters. The topological polar surface area (TPSA) is 78.9 Å². The Hall–Kier alpha value is -1.95. The number of tetrazole rings is 1. The predicted octanol–water partition coefficient (Wildman–Crippen LogP) is 1.27. The van der Waals surface area contributed by atoms with Crippen molar-refractivity contribution in [2.75, 3.05) is 18.9 Å². The fraction of sp³-hybridized carbons (Fsp3) is 0.462. The highest BCUT2D eigenvalue weighted by Gasteiger charge is 2.20. The molecule has 1 aliphatic rings. The van der Waals surface area contributed by atoms with Crippen LogP contribution in [0.5, 0.6) is 0 Å². The van der Waals surface area contributed by atoms with Gasteiger partial charge in [0.05, 0.1) is 13.2 Å². The largest absolute Gasteiger partial charge is 0.398 e. The summed E-state index contributed by atoms with van der Waals surface area (Å²) in [5.41, 5.74) is 8.77. The van der Waals surface area contributed by atoms with Gasteiger partial charge in [0.1, 0.15) is 0 Å². The zero-order chi connectivity index (χ0) is 13.2. The lowest BCUT2D eigenvalue weighted by Crippen LogP contribution is -2.14. The van der Waals surface area contributed by atoms with Crippen LogP contribution < -0.4 is 5.73 Å². The molecule has 0 spiro atoms. The molecule has 0 bridgehead atoms. The van der Waals surface area contributed by atoms with E-state index >= 15 is 0 Å². The van der Waals surface area contributed by atoms with E-state index < -0.39 is 0 Å². The van der Waals surface area contributed by atoms with Crippen LogP contribution in [0.3, 0.4) is 0 Å². The van der Waals surface area contributed by atoms with Crippen molar-refractivity contribution in [2.24, 2.45) is 5.92 Å². The molecule has 2 heterocycles. The fourth-order valence-corrected chi connectivity index (χ4v) is 2.47. The molecule has 1 unspecified atom stereocenters. The van der Waals surface area contributed by atoms with Gasteiger partial charge in [-0.05, 0) is 35.4 Å². The van der Waals surface area contributed by atoms with Gasteiger partial charge in [-0.2, -0.15) is 0 Å². The van der Waals surface area contributed by atoms with Gasteiger partial charge in [-0.15, -0.1) is 5.10 Å². The molecular weight excluding hydrogens is 242 g/mol. The SMILES string of the molecule is Cc1cccc(N)c1-c1nnnn1CC1CCOC1. The Labute approximate surface area is 111 Å². The van der Waals surface area contributed by atoms with Crippen molar-refractivity contribution in [1.29, 1.82) is 0 Å². The van der Waals surface area contributed by atoms with E-state index in [4.69, 9.17) is 10.5 Å². The summed E-state index contributed by atoms with van der Waals surface area (Å²) in [6.45, 7) is 4.40. The molecule has 1 aliphatic heterocycles. The summed E-state index contributed by atoms with van der Waals surface area (Å²) in [7, 11) is 0. The van der Waals surface area contributed by atoms with Crippen molar-refractivity contribution in [3.63, 3.8) is 0 Å². The second-order valence-corrected chi connectivity index (χ2v) is 4.95. The van der Waals surface area contributed by atoms with Crippen LogP contribution in [-0.2, 0) is 11.3 Å². The van der Waals surface area contributed by atoms with Gasteiger partial charge >= 0.3 is 0 Å². The zero-order valence-electron chi connectivity index (χ0n) is 10.9. The molecule has 6 nitrogen and oxygen atoms in total. The Morgan fingerprint density at radius 3 is 3.11 bits per heavy atom. The average molecular weight is 259 g/mol. The number of aryl methyl sites for hydroxylation is 1. The van der Waals surface area contributed by atoms with E-state index in [0.29, 0.717) is 11.6 Å². The first-order valence-electron chi connectivity index (χ1n) is 6.45. The smallest absolute Gasteiger partial charge is 0.184 e. The van der Waals surface area contributed by atoms with Crippen molar-refractivity contribution in [2.45, 2.75) is 19.9 Å². The highest BCUT2D eigenvalue weighted by molar-refractivity contribution is 5.74. The van der Waals surface area contributed by atoms with Crippen molar-refractivity contribution < 1.29 is 4.74 Å². The molecule has 6 heteroatoms. The number of aromatic nitrogens is 4. The number of nitrogens with zero attached hydrogens (tertiary/aromatic N) is 4. The molecule has 19 heavy (non-hydrogen) atoms. The van der Waals surface area contributed by atoms with Crippen molar-refractivity contribution in [3.05, 3.63) is 23.8 Å².